The fraction of sp³-hybridized carbons (Fsp3) is 0.381. The van der Waals surface area contributed by atoms with Gasteiger partial charge >= 0.3 is 5.69 Å². The van der Waals surface area contributed by atoms with Gasteiger partial charge < -0.3 is 24.3 Å². The van der Waals surface area contributed by atoms with Gasteiger partial charge in [-0.2, -0.15) is 4.31 Å². The van der Waals surface area contributed by atoms with Crippen molar-refractivity contribution in [2.45, 2.75) is 11.4 Å². The highest BCUT2D eigenvalue weighted by molar-refractivity contribution is 7.89. The Kier molecular flexibility index (Phi) is 8.26. The summed E-state index contributed by atoms with van der Waals surface area (Å²) in [5, 5.41) is 14.2. The third kappa shape index (κ3) is 5.92. The van der Waals surface area contributed by atoms with Crippen molar-refractivity contribution in [2.24, 2.45) is 0 Å². The average molecular weight is 496 g/mol. The molecule has 1 saturated heterocycles. The van der Waals surface area contributed by atoms with E-state index >= 15 is 0 Å². The molecule has 1 aliphatic rings. The van der Waals surface area contributed by atoms with E-state index in [1.807, 2.05) is 0 Å². The van der Waals surface area contributed by atoms with Crippen LogP contribution in [0.2, 0.25) is 0 Å². The van der Waals surface area contributed by atoms with E-state index in [0.29, 0.717) is 11.5 Å². The predicted molar refractivity (Wildman–Crippen MR) is 120 cm³/mol. The molecule has 0 radical (unpaired) electrons. The smallest absolute Gasteiger partial charge is 0.312 e. The maximum absolute atomic E-state index is 12.8. The predicted octanol–water partition coefficient (Wildman–Crippen LogP) is 1.33. The lowest BCUT2D eigenvalue weighted by atomic mass is 10.2. The molecule has 1 N–H and O–H groups in total. The van der Waals surface area contributed by atoms with Gasteiger partial charge in [-0.3, -0.25) is 14.9 Å². The summed E-state index contributed by atoms with van der Waals surface area (Å²) in [6.07, 6.45) is 0. The van der Waals surface area contributed by atoms with Crippen LogP contribution in [0.15, 0.2) is 41.3 Å². The number of ether oxygens (including phenoxy) is 4. The van der Waals surface area contributed by atoms with E-state index in [1.54, 1.807) is 18.2 Å². The van der Waals surface area contributed by atoms with Crippen molar-refractivity contribution in [2.75, 3.05) is 47.1 Å². The number of carbonyl (C=O) groups is 1. The van der Waals surface area contributed by atoms with Crippen molar-refractivity contribution in [3.8, 4) is 17.2 Å². The monoisotopic (exact) mass is 495 g/mol. The van der Waals surface area contributed by atoms with Gasteiger partial charge in [0.2, 0.25) is 10.0 Å². The zero-order valence-electron chi connectivity index (χ0n) is 18.7. The fourth-order valence-electron chi connectivity index (χ4n) is 3.24. The second-order valence-corrected chi connectivity index (χ2v) is 9.10. The fourth-order valence-corrected chi connectivity index (χ4v) is 4.67. The molecule has 1 amide bonds. The number of benzene rings is 2. The molecule has 0 aliphatic carbocycles. The van der Waals surface area contributed by atoms with Gasteiger partial charge in [-0.05, 0) is 29.8 Å². The second kappa shape index (κ2) is 11.1. The molecule has 0 bridgehead atoms. The quantitative estimate of drug-likeness (QED) is 0.381. The van der Waals surface area contributed by atoms with Crippen molar-refractivity contribution < 1.29 is 37.1 Å². The maximum atomic E-state index is 12.8. The third-order valence-corrected chi connectivity index (χ3v) is 6.93. The van der Waals surface area contributed by atoms with Crippen LogP contribution in [0.3, 0.4) is 0 Å². The number of nitrogens with zero attached hydrogens (tertiary/aromatic N) is 2. The Balaban J connectivity index is 1.65. The van der Waals surface area contributed by atoms with Crippen LogP contribution in [0.25, 0.3) is 0 Å². The molecule has 0 atom stereocenters. The molecular formula is C21H25N3O9S. The molecule has 0 spiro atoms. The van der Waals surface area contributed by atoms with Gasteiger partial charge in [-0.15, -0.1) is 0 Å². The van der Waals surface area contributed by atoms with E-state index in [0.717, 1.165) is 11.6 Å². The summed E-state index contributed by atoms with van der Waals surface area (Å²) in [7, 11) is -0.909. The minimum absolute atomic E-state index is 0.161. The van der Waals surface area contributed by atoms with Gasteiger partial charge in [0.1, 0.15) is 0 Å². The molecule has 1 fully saturated rings. The summed E-state index contributed by atoms with van der Waals surface area (Å²) < 4.78 is 47.6. The van der Waals surface area contributed by atoms with Gasteiger partial charge in [-0.25, -0.2) is 8.42 Å². The number of amides is 1. The second-order valence-electron chi connectivity index (χ2n) is 7.16. The lowest BCUT2D eigenvalue weighted by Gasteiger charge is -2.26. The summed E-state index contributed by atoms with van der Waals surface area (Å²) >= 11 is 0. The van der Waals surface area contributed by atoms with Crippen LogP contribution in [0.1, 0.15) is 5.56 Å². The Hall–Kier alpha value is -3.42. The number of hydrogen-bond acceptors (Lipinski definition) is 9. The number of rotatable bonds is 10. The van der Waals surface area contributed by atoms with Crippen LogP contribution >= 0.6 is 0 Å². The maximum Gasteiger partial charge on any atom is 0.312 e. The molecule has 2 aromatic rings. The van der Waals surface area contributed by atoms with E-state index in [2.05, 4.69) is 5.32 Å². The number of hydrogen-bond donors (Lipinski definition) is 1. The summed E-state index contributed by atoms with van der Waals surface area (Å²) in [5.74, 6) is 0.321. The van der Waals surface area contributed by atoms with Crippen molar-refractivity contribution in [3.63, 3.8) is 0 Å². The largest absolute Gasteiger partial charge is 0.493 e. The molecule has 13 heteroatoms. The van der Waals surface area contributed by atoms with Crippen LogP contribution in [0.4, 0.5) is 5.69 Å². The van der Waals surface area contributed by atoms with Crippen molar-refractivity contribution in [3.05, 3.63) is 52.1 Å². The SMILES string of the molecule is COc1ccc(CNC(=O)COc2ccc(S(=O)(=O)N3CCOCC3)cc2[N+](=O)[O-])cc1OC. The first kappa shape index (κ1) is 25.2. The minimum atomic E-state index is -3.92. The molecule has 34 heavy (non-hydrogen) atoms. The van der Waals surface area contributed by atoms with Crippen LogP contribution < -0.4 is 19.5 Å². The Morgan fingerprint density at radius 1 is 1.09 bits per heavy atom. The van der Waals surface area contributed by atoms with Gasteiger partial charge in [0, 0.05) is 25.7 Å². The van der Waals surface area contributed by atoms with Gasteiger partial charge in [-0.1, -0.05) is 6.07 Å². The molecule has 12 nitrogen and oxygen atoms in total. The summed E-state index contributed by atoms with van der Waals surface area (Å²) in [6, 6.07) is 8.48. The first-order chi connectivity index (χ1) is 16.3. The van der Waals surface area contributed by atoms with Crippen LogP contribution in [0.5, 0.6) is 17.2 Å². The first-order valence-electron chi connectivity index (χ1n) is 10.2. The molecule has 184 valence electrons. The molecule has 2 aromatic carbocycles. The van der Waals surface area contributed by atoms with Crippen molar-refractivity contribution >= 4 is 21.6 Å². The number of nitrogens with one attached hydrogen (secondary N) is 1. The minimum Gasteiger partial charge on any atom is -0.493 e. The summed E-state index contributed by atoms with van der Waals surface area (Å²) in [4.78, 5) is 22.7. The van der Waals surface area contributed by atoms with E-state index in [4.69, 9.17) is 18.9 Å². The number of morpholine rings is 1. The average Bonchev–Trinajstić information content (AvgIpc) is 2.86. The standard InChI is InChI=1S/C21H25N3O9S/c1-30-19-5-3-15(11-20(19)31-2)13-22-21(25)14-33-18-6-4-16(12-17(18)24(26)27)34(28,29)23-7-9-32-10-8-23/h3-6,11-12H,7-10,13-14H2,1-2H3,(H,22,25). The van der Waals surface area contributed by atoms with Gasteiger partial charge in [0.05, 0.1) is 37.3 Å². The van der Waals surface area contributed by atoms with Gasteiger partial charge in [0.25, 0.3) is 5.91 Å². The third-order valence-electron chi connectivity index (χ3n) is 5.03. The number of carbonyl (C=O) groups excluding carboxylic acids is 1. The zero-order valence-corrected chi connectivity index (χ0v) is 19.5. The topological polar surface area (TPSA) is 147 Å². The van der Waals surface area contributed by atoms with Crippen LogP contribution in [-0.2, 0) is 26.1 Å². The van der Waals surface area contributed by atoms with Crippen LogP contribution in [-0.4, -0.2) is 70.7 Å². The Labute approximate surface area is 196 Å². The van der Waals surface area contributed by atoms with E-state index in [1.165, 1.54) is 30.7 Å². The number of sulfonamides is 1. The van der Waals surface area contributed by atoms with E-state index in [9.17, 15) is 23.3 Å². The molecule has 0 aromatic heterocycles. The Morgan fingerprint density at radius 2 is 1.76 bits per heavy atom. The number of nitro groups is 1. The number of nitro benzene ring substituents is 1. The van der Waals surface area contributed by atoms with Crippen LogP contribution in [0, 0.1) is 10.1 Å². The normalized spacial score (nSPS) is 14.3. The highest BCUT2D eigenvalue weighted by atomic mass is 32.2. The first-order valence-corrected chi connectivity index (χ1v) is 11.7. The highest BCUT2D eigenvalue weighted by Gasteiger charge is 2.29. The lowest BCUT2D eigenvalue weighted by molar-refractivity contribution is -0.386. The Morgan fingerprint density at radius 3 is 2.41 bits per heavy atom. The molecule has 0 saturated carbocycles. The van der Waals surface area contributed by atoms with E-state index < -0.39 is 33.1 Å². The zero-order chi connectivity index (χ0) is 24.7. The molecule has 1 aliphatic heterocycles. The highest BCUT2D eigenvalue weighted by Crippen LogP contribution is 2.31. The molecule has 1 heterocycles. The van der Waals surface area contributed by atoms with E-state index in [-0.39, 0.29) is 43.5 Å². The summed E-state index contributed by atoms with van der Waals surface area (Å²) in [5.41, 5.74) is 0.191. The molecular weight excluding hydrogens is 470 g/mol. The Bertz CT molecular complexity index is 1150. The molecule has 0 unspecified atom stereocenters. The van der Waals surface area contributed by atoms with Crippen molar-refractivity contribution in [1.29, 1.82) is 0 Å². The van der Waals surface area contributed by atoms with Crippen molar-refractivity contribution in [1.82, 2.24) is 9.62 Å². The summed E-state index contributed by atoms with van der Waals surface area (Å²) in [6.45, 7) is 0.496. The number of methoxy groups -OCH3 is 2. The molecule has 3 rings (SSSR count). The lowest BCUT2D eigenvalue weighted by Crippen LogP contribution is -2.40. The van der Waals surface area contributed by atoms with Gasteiger partial charge in [0.15, 0.2) is 23.9 Å².